The van der Waals surface area contributed by atoms with Gasteiger partial charge in [0.2, 0.25) is 0 Å². The average molecular weight is 414 g/mol. The Morgan fingerprint density at radius 1 is 1.27 bits per heavy atom. The first-order valence-corrected chi connectivity index (χ1v) is 8.33. The van der Waals surface area contributed by atoms with Gasteiger partial charge in [0.15, 0.2) is 0 Å². The fourth-order valence-electron chi connectivity index (χ4n) is 2.84. The molecule has 0 amide bonds. The van der Waals surface area contributed by atoms with E-state index in [-0.39, 0.29) is 24.8 Å². The summed E-state index contributed by atoms with van der Waals surface area (Å²) < 4.78 is 6.39. The highest BCUT2D eigenvalue weighted by Crippen LogP contribution is 2.32. The van der Waals surface area contributed by atoms with Crippen molar-refractivity contribution in [1.82, 2.24) is 10.2 Å². The Hall–Kier alpha value is -0.000000000000000111. The third-order valence-corrected chi connectivity index (χ3v) is 4.60. The average Bonchev–Trinajstić information content (AvgIpc) is 2.49. The van der Waals surface area contributed by atoms with Crippen LogP contribution >= 0.6 is 40.7 Å². The third kappa shape index (κ3) is 5.89. The molecule has 0 spiro atoms. The van der Waals surface area contributed by atoms with Crippen LogP contribution in [0.2, 0.25) is 0 Å². The molecule has 2 rings (SSSR count). The Morgan fingerprint density at radius 3 is 2.50 bits per heavy atom. The van der Waals surface area contributed by atoms with Gasteiger partial charge >= 0.3 is 0 Å². The monoisotopic (exact) mass is 412 g/mol. The van der Waals surface area contributed by atoms with E-state index in [1.54, 1.807) is 7.11 Å². The first-order valence-electron chi connectivity index (χ1n) is 7.54. The number of rotatable bonds is 6. The lowest BCUT2D eigenvalue weighted by Crippen LogP contribution is -2.45. The van der Waals surface area contributed by atoms with Crippen LogP contribution in [0.15, 0.2) is 22.7 Å². The molecule has 0 unspecified atom stereocenters. The molecule has 1 aromatic carbocycles. The summed E-state index contributed by atoms with van der Waals surface area (Å²) in [5.41, 5.74) is 1.40. The van der Waals surface area contributed by atoms with Gasteiger partial charge in [-0.25, -0.2) is 0 Å². The summed E-state index contributed by atoms with van der Waals surface area (Å²) in [6, 6.07) is 7.03. The number of piperazine rings is 1. The summed E-state index contributed by atoms with van der Waals surface area (Å²) in [6.45, 7) is 6.73. The van der Waals surface area contributed by atoms with E-state index in [4.69, 9.17) is 4.74 Å². The molecule has 6 heteroatoms. The minimum absolute atomic E-state index is 0. The Morgan fingerprint density at radius 2 is 1.95 bits per heavy atom. The number of nitrogens with zero attached hydrogens (tertiary/aromatic N) is 1. The Bertz CT molecular complexity index is 429. The summed E-state index contributed by atoms with van der Waals surface area (Å²) in [5, 5.41) is 3.44. The molecule has 1 atom stereocenters. The normalized spacial score (nSPS) is 16.3. The van der Waals surface area contributed by atoms with E-state index in [9.17, 15) is 0 Å². The highest BCUT2D eigenvalue weighted by molar-refractivity contribution is 9.10. The number of hydrogen-bond acceptors (Lipinski definition) is 3. The molecule has 1 fully saturated rings. The van der Waals surface area contributed by atoms with Gasteiger partial charge in [-0.1, -0.05) is 25.8 Å². The van der Waals surface area contributed by atoms with Gasteiger partial charge in [0.25, 0.3) is 0 Å². The number of halogens is 3. The van der Waals surface area contributed by atoms with Crippen molar-refractivity contribution < 1.29 is 4.74 Å². The number of hydrogen-bond donors (Lipinski definition) is 1. The summed E-state index contributed by atoms with van der Waals surface area (Å²) in [4.78, 5) is 2.61. The fraction of sp³-hybridized carbons (Fsp3) is 0.625. The first kappa shape index (κ1) is 22.0. The first-order chi connectivity index (χ1) is 9.76. The number of nitrogens with one attached hydrogen (secondary N) is 1. The number of benzene rings is 1. The van der Waals surface area contributed by atoms with E-state index in [1.165, 1.54) is 24.8 Å². The van der Waals surface area contributed by atoms with Gasteiger partial charge in [-0.15, -0.1) is 24.8 Å². The van der Waals surface area contributed by atoms with Crippen molar-refractivity contribution in [1.29, 1.82) is 0 Å². The summed E-state index contributed by atoms with van der Waals surface area (Å²) >= 11 is 3.61. The summed E-state index contributed by atoms with van der Waals surface area (Å²) in [5.74, 6) is 0.906. The molecule has 0 saturated carbocycles. The maximum Gasteiger partial charge on any atom is 0.133 e. The molecule has 22 heavy (non-hydrogen) atoms. The van der Waals surface area contributed by atoms with Crippen molar-refractivity contribution in [3.05, 3.63) is 28.2 Å². The summed E-state index contributed by atoms with van der Waals surface area (Å²) in [6.07, 6.45) is 3.76. The highest BCUT2D eigenvalue weighted by atomic mass is 79.9. The van der Waals surface area contributed by atoms with Gasteiger partial charge < -0.3 is 10.1 Å². The van der Waals surface area contributed by atoms with Gasteiger partial charge in [0.1, 0.15) is 5.75 Å². The van der Waals surface area contributed by atoms with Gasteiger partial charge in [-0.2, -0.15) is 0 Å². The van der Waals surface area contributed by atoms with E-state index in [1.807, 2.05) is 0 Å². The van der Waals surface area contributed by atoms with E-state index >= 15 is 0 Å². The maximum absolute atomic E-state index is 5.34. The van der Waals surface area contributed by atoms with Crippen LogP contribution in [0.25, 0.3) is 0 Å². The molecule has 0 radical (unpaired) electrons. The molecule has 0 bridgehead atoms. The van der Waals surface area contributed by atoms with Crippen molar-refractivity contribution in [3.63, 3.8) is 0 Å². The van der Waals surface area contributed by atoms with E-state index < -0.39 is 0 Å². The van der Waals surface area contributed by atoms with E-state index in [0.717, 1.165) is 36.4 Å². The molecule has 1 aliphatic rings. The lowest BCUT2D eigenvalue weighted by molar-refractivity contribution is 0.163. The molecule has 1 aromatic rings. The molecule has 0 aromatic heterocycles. The second-order valence-electron chi connectivity index (χ2n) is 5.34. The maximum atomic E-state index is 5.34. The minimum Gasteiger partial charge on any atom is -0.496 e. The summed E-state index contributed by atoms with van der Waals surface area (Å²) in [7, 11) is 1.71. The predicted octanol–water partition coefficient (Wildman–Crippen LogP) is 4.44. The van der Waals surface area contributed by atoms with Crippen molar-refractivity contribution in [2.45, 2.75) is 32.2 Å². The van der Waals surface area contributed by atoms with Crippen molar-refractivity contribution >= 4 is 40.7 Å². The second-order valence-corrected chi connectivity index (χ2v) is 6.19. The molecule has 128 valence electrons. The molecule has 1 heterocycles. The fourth-order valence-corrected chi connectivity index (χ4v) is 3.40. The van der Waals surface area contributed by atoms with Crippen LogP contribution in [0.1, 0.15) is 37.8 Å². The Kier molecular flexibility index (Phi) is 11.5. The Balaban J connectivity index is 0.00000220. The van der Waals surface area contributed by atoms with Crippen LogP contribution in [0, 0.1) is 0 Å². The van der Waals surface area contributed by atoms with E-state index in [0.29, 0.717) is 6.04 Å². The standard InChI is InChI=1S/C16H25BrN2O.2ClH/c1-3-4-5-15(19-10-8-18-9-11-19)13-6-7-16(20-2)14(17)12-13;;/h6-7,12,15,18H,3-5,8-11H2,1-2H3;2*1H/t15-;;/m0../s1. The molecular weight excluding hydrogens is 387 g/mol. The second kappa shape index (κ2) is 11.5. The molecule has 0 aliphatic carbocycles. The Labute approximate surface area is 155 Å². The van der Waals surface area contributed by atoms with Crippen molar-refractivity contribution in [2.75, 3.05) is 33.3 Å². The van der Waals surface area contributed by atoms with Crippen LogP contribution in [-0.4, -0.2) is 38.2 Å². The van der Waals surface area contributed by atoms with Crippen LogP contribution in [0.4, 0.5) is 0 Å². The van der Waals surface area contributed by atoms with Gasteiger partial charge in [0, 0.05) is 32.2 Å². The molecule has 3 nitrogen and oxygen atoms in total. The van der Waals surface area contributed by atoms with Crippen molar-refractivity contribution in [3.8, 4) is 5.75 Å². The number of ether oxygens (including phenoxy) is 1. The predicted molar refractivity (Wildman–Crippen MR) is 102 cm³/mol. The van der Waals surface area contributed by atoms with Gasteiger partial charge in [0.05, 0.1) is 11.6 Å². The quantitative estimate of drug-likeness (QED) is 0.745. The van der Waals surface area contributed by atoms with E-state index in [2.05, 4.69) is 51.3 Å². The van der Waals surface area contributed by atoms with Crippen LogP contribution in [0.5, 0.6) is 5.75 Å². The zero-order valence-corrected chi connectivity index (χ0v) is 16.5. The minimum atomic E-state index is 0. The topological polar surface area (TPSA) is 24.5 Å². The zero-order chi connectivity index (χ0) is 14.4. The van der Waals surface area contributed by atoms with Gasteiger partial charge in [-0.05, 0) is 40.0 Å². The number of unbranched alkanes of at least 4 members (excludes halogenated alkanes) is 1. The smallest absolute Gasteiger partial charge is 0.133 e. The van der Waals surface area contributed by atoms with Gasteiger partial charge in [-0.3, -0.25) is 4.90 Å². The molecule has 1 aliphatic heterocycles. The molecule has 1 saturated heterocycles. The lowest BCUT2D eigenvalue weighted by atomic mass is 9.98. The third-order valence-electron chi connectivity index (χ3n) is 3.98. The number of methoxy groups -OCH3 is 1. The largest absolute Gasteiger partial charge is 0.496 e. The van der Waals surface area contributed by atoms with Crippen molar-refractivity contribution in [2.24, 2.45) is 0 Å². The highest BCUT2D eigenvalue weighted by Gasteiger charge is 2.22. The van der Waals surface area contributed by atoms with Crippen LogP contribution < -0.4 is 10.1 Å². The van der Waals surface area contributed by atoms with Crippen LogP contribution in [-0.2, 0) is 0 Å². The zero-order valence-electron chi connectivity index (χ0n) is 13.3. The van der Waals surface area contributed by atoms with Crippen LogP contribution in [0.3, 0.4) is 0 Å². The SMILES string of the molecule is CCCC[C@@H](c1ccc(OC)c(Br)c1)N1CCNCC1.Cl.Cl. The molecule has 1 N–H and O–H groups in total. The molecular formula is C16H27BrCl2N2O. The lowest BCUT2D eigenvalue weighted by Gasteiger charge is -2.35.